The molecule has 0 bridgehead atoms. The molecule has 0 spiro atoms. The third kappa shape index (κ3) is 3.24. The standard InChI is InChI=1S/C14H15N3O3S/c1-10-14(11(2)20-16-10)21(18,19)17-13-8-4-3-6-12(13)7-5-9-15/h3-4,6,8,17H,9,15H2,1-2H3. The third-order valence-corrected chi connectivity index (χ3v) is 4.34. The zero-order chi connectivity index (χ0) is 15.5. The van der Waals surface area contributed by atoms with Crippen LogP contribution in [0.15, 0.2) is 33.7 Å². The molecule has 0 aliphatic carbocycles. The van der Waals surface area contributed by atoms with Crippen LogP contribution in [0.2, 0.25) is 0 Å². The van der Waals surface area contributed by atoms with Gasteiger partial charge in [-0.05, 0) is 26.0 Å². The minimum Gasteiger partial charge on any atom is -0.360 e. The molecule has 6 nitrogen and oxygen atoms in total. The van der Waals surface area contributed by atoms with Crippen molar-refractivity contribution in [2.75, 3.05) is 11.3 Å². The Morgan fingerprint density at radius 3 is 2.67 bits per heavy atom. The van der Waals surface area contributed by atoms with Gasteiger partial charge < -0.3 is 10.3 Å². The number of hydrogen-bond acceptors (Lipinski definition) is 5. The van der Waals surface area contributed by atoms with Crippen molar-refractivity contribution < 1.29 is 12.9 Å². The van der Waals surface area contributed by atoms with Gasteiger partial charge in [0.15, 0.2) is 10.7 Å². The number of para-hydroxylation sites is 1. The molecule has 0 fully saturated rings. The average molecular weight is 305 g/mol. The smallest absolute Gasteiger partial charge is 0.267 e. The predicted octanol–water partition coefficient (Wildman–Crippen LogP) is 1.40. The number of nitrogens with zero attached hydrogens (tertiary/aromatic N) is 1. The molecule has 0 saturated carbocycles. The average Bonchev–Trinajstić information content (AvgIpc) is 2.77. The van der Waals surface area contributed by atoms with Gasteiger partial charge in [-0.2, -0.15) is 0 Å². The van der Waals surface area contributed by atoms with Gasteiger partial charge >= 0.3 is 0 Å². The summed E-state index contributed by atoms with van der Waals surface area (Å²) in [5.41, 5.74) is 6.59. The Morgan fingerprint density at radius 1 is 1.33 bits per heavy atom. The summed E-state index contributed by atoms with van der Waals surface area (Å²) < 4.78 is 32.3. The monoisotopic (exact) mass is 305 g/mol. The van der Waals surface area contributed by atoms with Gasteiger partial charge in [0.05, 0.1) is 12.2 Å². The SMILES string of the molecule is Cc1noc(C)c1S(=O)(=O)Nc1ccccc1C#CCN. The fourth-order valence-electron chi connectivity index (χ4n) is 1.88. The molecule has 3 N–H and O–H groups in total. The van der Waals surface area contributed by atoms with Gasteiger partial charge in [0.1, 0.15) is 5.69 Å². The molecule has 110 valence electrons. The van der Waals surface area contributed by atoms with Crippen LogP contribution in [0.25, 0.3) is 0 Å². The highest BCUT2D eigenvalue weighted by molar-refractivity contribution is 7.92. The van der Waals surface area contributed by atoms with E-state index in [0.29, 0.717) is 16.9 Å². The van der Waals surface area contributed by atoms with Crippen molar-refractivity contribution in [3.63, 3.8) is 0 Å². The number of sulfonamides is 1. The third-order valence-electron chi connectivity index (χ3n) is 2.73. The summed E-state index contributed by atoms with van der Waals surface area (Å²) in [6.45, 7) is 3.32. The maximum Gasteiger partial charge on any atom is 0.267 e. The second-order valence-corrected chi connectivity index (χ2v) is 5.93. The maximum absolute atomic E-state index is 12.4. The maximum atomic E-state index is 12.4. The molecule has 0 amide bonds. The molecule has 7 heteroatoms. The van der Waals surface area contributed by atoms with E-state index in [4.69, 9.17) is 10.3 Å². The van der Waals surface area contributed by atoms with Gasteiger partial charge in [-0.1, -0.05) is 29.1 Å². The fraction of sp³-hybridized carbons (Fsp3) is 0.214. The normalized spacial score (nSPS) is 10.8. The summed E-state index contributed by atoms with van der Waals surface area (Å²) >= 11 is 0. The van der Waals surface area contributed by atoms with Gasteiger partial charge in [0, 0.05) is 5.56 Å². The van der Waals surface area contributed by atoms with E-state index in [2.05, 4.69) is 21.7 Å². The van der Waals surface area contributed by atoms with Crippen LogP contribution in [0.1, 0.15) is 17.0 Å². The number of rotatable bonds is 3. The predicted molar refractivity (Wildman–Crippen MR) is 79.2 cm³/mol. The van der Waals surface area contributed by atoms with Crippen LogP contribution >= 0.6 is 0 Å². The number of anilines is 1. The zero-order valence-corrected chi connectivity index (χ0v) is 12.5. The van der Waals surface area contributed by atoms with Crippen LogP contribution in [-0.2, 0) is 10.0 Å². The minimum atomic E-state index is -3.78. The summed E-state index contributed by atoms with van der Waals surface area (Å²) in [6.07, 6.45) is 0. The molecular weight excluding hydrogens is 290 g/mol. The van der Waals surface area contributed by atoms with Gasteiger partial charge in [0.25, 0.3) is 10.0 Å². The second-order valence-electron chi connectivity index (χ2n) is 4.31. The molecule has 2 rings (SSSR count). The lowest BCUT2D eigenvalue weighted by Gasteiger charge is -2.09. The van der Waals surface area contributed by atoms with Crippen molar-refractivity contribution in [3.05, 3.63) is 41.3 Å². The minimum absolute atomic E-state index is 0.0455. The van der Waals surface area contributed by atoms with E-state index in [1.807, 2.05) is 0 Å². The lowest BCUT2D eigenvalue weighted by molar-refractivity contribution is 0.390. The number of benzene rings is 1. The number of nitrogens with two attached hydrogens (primary N) is 1. The first-order valence-electron chi connectivity index (χ1n) is 6.19. The highest BCUT2D eigenvalue weighted by Crippen LogP contribution is 2.23. The Bertz CT molecular complexity index is 794. The zero-order valence-electron chi connectivity index (χ0n) is 11.7. The Labute approximate surface area is 123 Å². The van der Waals surface area contributed by atoms with Crippen molar-refractivity contribution >= 4 is 15.7 Å². The summed E-state index contributed by atoms with van der Waals surface area (Å²) in [4.78, 5) is 0.0455. The van der Waals surface area contributed by atoms with Gasteiger partial charge in [-0.25, -0.2) is 8.42 Å². The van der Waals surface area contributed by atoms with E-state index in [1.54, 1.807) is 38.1 Å². The quantitative estimate of drug-likeness (QED) is 0.835. The van der Waals surface area contributed by atoms with Crippen molar-refractivity contribution in [2.24, 2.45) is 5.73 Å². The molecular formula is C14H15N3O3S. The van der Waals surface area contributed by atoms with E-state index >= 15 is 0 Å². The number of aromatic nitrogens is 1. The molecule has 1 aromatic heterocycles. The highest BCUT2D eigenvalue weighted by Gasteiger charge is 2.24. The van der Waals surface area contributed by atoms with Crippen molar-refractivity contribution in [3.8, 4) is 11.8 Å². The van der Waals surface area contributed by atoms with Crippen LogP contribution in [-0.4, -0.2) is 20.1 Å². The fourth-order valence-corrected chi connectivity index (χ4v) is 3.29. The Balaban J connectivity index is 2.43. The number of hydrogen-bond donors (Lipinski definition) is 2. The van der Waals surface area contributed by atoms with Gasteiger partial charge in [-0.3, -0.25) is 4.72 Å². The van der Waals surface area contributed by atoms with Crippen LogP contribution in [0.4, 0.5) is 5.69 Å². The largest absolute Gasteiger partial charge is 0.360 e. The van der Waals surface area contributed by atoms with Crippen molar-refractivity contribution in [1.29, 1.82) is 0 Å². The summed E-state index contributed by atoms with van der Waals surface area (Å²) in [7, 11) is -3.78. The summed E-state index contributed by atoms with van der Waals surface area (Å²) in [5.74, 6) is 5.77. The first-order valence-corrected chi connectivity index (χ1v) is 7.67. The van der Waals surface area contributed by atoms with Gasteiger partial charge in [0.2, 0.25) is 0 Å². The van der Waals surface area contributed by atoms with Gasteiger partial charge in [-0.15, -0.1) is 0 Å². The summed E-state index contributed by atoms with van der Waals surface area (Å²) in [6, 6.07) is 6.84. The molecule has 0 radical (unpaired) electrons. The number of nitrogens with one attached hydrogen (secondary N) is 1. The van der Waals surface area contributed by atoms with E-state index in [9.17, 15) is 8.42 Å². The molecule has 2 aromatic rings. The molecule has 0 saturated heterocycles. The molecule has 0 unspecified atom stereocenters. The van der Waals surface area contributed by atoms with E-state index < -0.39 is 10.0 Å². The second kappa shape index (κ2) is 5.99. The first-order chi connectivity index (χ1) is 9.95. The highest BCUT2D eigenvalue weighted by atomic mass is 32.2. The van der Waals surface area contributed by atoms with Crippen LogP contribution < -0.4 is 10.5 Å². The van der Waals surface area contributed by atoms with E-state index in [-0.39, 0.29) is 17.2 Å². The number of aryl methyl sites for hydroxylation is 2. The Morgan fingerprint density at radius 2 is 2.05 bits per heavy atom. The molecule has 0 aliphatic rings. The van der Waals surface area contributed by atoms with E-state index in [1.165, 1.54) is 0 Å². The lowest BCUT2D eigenvalue weighted by atomic mass is 10.2. The molecule has 0 atom stereocenters. The van der Waals surface area contributed by atoms with Crippen LogP contribution in [0.3, 0.4) is 0 Å². The van der Waals surface area contributed by atoms with Crippen LogP contribution in [0.5, 0.6) is 0 Å². The Hall–Kier alpha value is -2.30. The summed E-state index contributed by atoms with van der Waals surface area (Å²) in [5, 5.41) is 3.66. The van der Waals surface area contributed by atoms with Crippen LogP contribution in [0, 0.1) is 25.7 Å². The Kier molecular flexibility index (Phi) is 4.31. The first kappa shape index (κ1) is 15.1. The molecule has 1 heterocycles. The molecule has 0 aliphatic heterocycles. The topological polar surface area (TPSA) is 98.2 Å². The van der Waals surface area contributed by atoms with E-state index in [0.717, 1.165) is 0 Å². The van der Waals surface area contributed by atoms with Crippen molar-refractivity contribution in [2.45, 2.75) is 18.7 Å². The molecule has 1 aromatic carbocycles. The molecule has 21 heavy (non-hydrogen) atoms. The van der Waals surface area contributed by atoms with Crippen molar-refractivity contribution in [1.82, 2.24) is 5.16 Å². The lowest BCUT2D eigenvalue weighted by Crippen LogP contribution is -2.15.